The second-order valence-corrected chi connectivity index (χ2v) is 5.23. The Morgan fingerprint density at radius 2 is 2.05 bits per heavy atom. The molecule has 2 heterocycles. The molecule has 3 rings (SSSR count). The Balaban J connectivity index is 1.78. The lowest BCUT2D eigenvalue weighted by molar-refractivity contribution is 0.0291. The van der Waals surface area contributed by atoms with Gasteiger partial charge in [0.15, 0.2) is 17.3 Å². The Bertz CT molecular complexity index is 500. The lowest BCUT2D eigenvalue weighted by atomic mass is 9.94. The topological polar surface area (TPSA) is 38.8 Å². The normalized spacial score (nSPS) is 23.9. The average molecular weight is 279 g/mol. The minimum Gasteiger partial charge on any atom is -0.490 e. The highest BCUT2D eigenvalue weighted by molar-refractivity contribution is 6.00. The molecule has 1 atom stereocenters. The predicted octanol–water partition coefficient (Wildman–Crippen LogP) is 1.74. The molecule has 0 N–H and O–H groups in total. The summed E-state index contributed by atoms with van der Waals surface area (Å²) in [7, 11) is 0. The van der Waals surface area contributed by atoms with Crippen molar-refractivity contribution in [3.05, 3.63) is 29.6 Å². The smallest absolute Gasteiger partial charge is 0.171 e. The first-order valence-electron chi connectivity index (χ1n) is 7.01. The van der Waals surface area contributed by atoms with Crippen LogP contribution in [-0.2, 0) is 4.74 Å². The van der Waals surface area contributed by atoms with Crippen LogP contribution in [0.3, 0.4) is 0 Å². The monoisotopic (exact) mass is 279 g/mol. The fourth-order valence-electron chi connectivity index (χ4n) is 2.77. The third kappa shape index (κ3) is 2.69. The van der Waals surface area contributed by atoms with Gasteiger partial charge in [-0.25, -0.2) is 4.39 Å². The van der Waals surface area contributed by atoms with E-state index >= 15 is 0 Å². The van der Waals surface area contributed by atoms with Crippen molar-refractivity contribution in [2.45, 2.75) is 6.42 Å². The van der Waals surface area contributed by atoms with Gasteiger partial charge in [-0.1, -0.05) is 6.07 Å². The quantitative estimate of drug-likeness (QED) is 0.826. The van der Waals surface area contributed by atoms with Gasteiger partial charge in [-0.3, -0.25) is 9.69 Å². The number of carbonyl (C=O) groups is 1. The molecule has 0 spiro atoms. The van der Waals surface area contributed by atoms with Gasteiger partial charge in [0, 0.05) is 25.6 Å². The zero-order valence-electron chi connectivity index (χ0n) is 11.3. The van der Waals surface area contributed by atoms with Crippen LogP contribution in [-0.4, -0.2) is 50.1 Å². The number of morpholine rings is 1. The van der Waals surface area contributed by atoms with Crippen molar-refractivity contribution in [2.75, 3.05) is 39.5 Å². The summed E-state index contributed by atoms with van der Waals surface area (Å²) >= 11 is 0. The summed E-state index contributed by atoms with van der Waals surface area (Å²) in [6.07, 6.45) is 0.629. The van der Waals surface area contributed by atoms with Crippen LogP contribution in [0.2, 0.25) is 0 Å². The molecule has 0 saturated carbocycles. The molecular formula is C15H18FNO3. The first-order valence-corrected chi connectivity index (χ1v) is 7.01. The SMILES string of the molecule is O=C1c2cccc(F)c2OCCC1CN1CCOCC1. The molecule has 1 aromatic rings. The predicted molar refractivity (Wildman–Crippen MR) is 71.6 cm³/mol. The largest absolute Gasteiger partial charge is 0.490 e. The highest BCUT2D eigenvalue weighted by atomic mass is 19.1. The van der Waals surface area contributed by atoms with E-state index in [4.69, 9.17) is 9.47 Å². The van der Waals surface area contributed by atoms with Crippen LogP contribution in [0.25, 0.3) is 0 Å². The Morgan fingerprint density at radius 1 is 1.25 bits per heavy atom. The van der Waals surface area contributed by atoms with Crippen LogP contribution >= 0.6 is 0 Å². The molecule has 1 saturated heterocycles. The summed E-state index contributed by atoms with van der Waals surface area (Å²) in [5.41, 5.74) is 0.376. The first kappa shape index (κ1) is 13.5. The van der Waals surface area contributed by atoms with E-state index in [1.54, 1.807) is 12.1 Å². The molecular weight excluding hydrogens is 261 g/mol. The number of nitrogens with zero attached hydrogens (tertiary/aromatic N) is 1. The average Bonchev–Trinajstić information content (AvgIpc) is 2.62. The number of ether oxygens (including phenoxy) is 2. The van der Waals surface area contributed by atoms with E-state index in [0.717, 1.165) is 13.1 Å². The van der Waals surface area contributed by atoms with Crippen molar-refractivity contribution in [1.82, 2.24) is 4.90 Å². The molecule has 2 aliphatic heterocycles. The van der Waals surface area contributed by atoms with E-state index in [-0.39, 0.29) is 17.5 Å². The maximum absolute atomic E-state index is 13.7. The molecule has 0 aromatic heterocycles. The molecule has 2 aliphatic rings. The van der Waals surface area contributed by atoms with E-state index in [9.17, 15) is 9.18 Å². The van der Waals surface area contributed by atoms with Crippen molar-refractivity contribution < 1.29 is 18.7 Å². The number of carbonyl (C=O) groups excluding carboxylic acids is 1. The Hall–Kier alpha value is -1.46. The fraction of sp³-hybridized carbons (Fsp3) is 0.533. The molecule has 4 nitrogen and oxygen atoms in total. The zero-order chi connectivity index (χ0) is 13.9. The minimum absolute atomic E-state index is 0.0107. The summed E-state index contributed by atoms with van der Waals surface area (Å²) in [6, 6.07) is 4.54. The molecule has 1 unspecified atom stereocenters. The number of benzene rings is 1. The number of rotatable bonds is 2. The van der Waals surface area contributed by atoms with Crippen molar-refractivity contribution in [3.63, 3.8) is 0 Å². The standard InChI is InChI=1S/C15H18FNO3/c16-13-3-1-2-12-14(18)11(4-7-20-15(12)13)10-17-5-8-19-9-6-17/h1-3,11H,4-10H2. The molecule has 108 valence electrons. The number of Topliss-reactive ketones (excluding diaryl/α,β-unsaturated/α-hetero) is 1. The van der Waals surface area contributed by atoms with Crippen molar-refractivity contribution >= 4 is 5.78 Å². The van der Waals surface area contributed by atoms with Crippen LogP contribution < -0.4 is 4.74 Å². The lowest BCUT2D eigenvalue weighted by Gasteiger charge is -2.29. The lowest BCUT2D eigenvalue weighted by Crippen LogP contribution is -2.41. The second-order valence-electron chi connectivity index (χ2n) is 5.23. The van der Waals surface area contributed by atoms with Gasteiger partial charge < -0.3 is 9.47 Å². The maximum atomic E-state index is 13.7. The van der Waals surface area contributed by atoms with E-state index in [0.29, 0.717) is 38.3 Å². The van der Waals surface area contributed by atoms with Gasteiger partial charge in [-0.15, -0.1) is 0 Å². The first-order chi connectivity index (χ1) is 9.75. The van der Waals surface area contributed by atoms with Gasteiger partial charge in [0.2, 0.25) is 0 Å². The number of halogens is 1. The van der Waals surface area contributed by atoms with Crippen LogP contribution in [0, 0.1) is 11.7 Å². The van der Waals surface area contributed by atoms with E-state index in [2.05, 4.69) is 4.90 Å². The Morgan fingerprint density at radius 3 is 2.85 bits per heavy atom. The van der Waals surface area contributed by atoms with E-state index < -0.39 is 5.82 Å². The molecule has 0 amide bonds. The van der Waals surface area contributed by atoms with Crippen molar-refractivity contribution in [3.8, 4) is 5.75 Å². The molecule has 0 aliphatic carbocycles. The summed E-state index contributed by atoms with van der Waals surface area (Å²) in [6.45, 7) is 4.20. The molecule has 20 heavy (non-hydrogen) atoms. The summed E-state index contributed by atoms with van der Waals surface area (Å²) in [5, 5.41) is 0. The van der Waals surface area contributed by atoms with Crippen LogP contribution in [0.4, 0.5) is 4.39 Å². The third-order valence-electron chi connectivity index (χ3n) is 3.90. The molecule has 1 fully saturated rings. The van der Waals surface area contributed by atoms with Gasteiger partial charge in [-0.2, -0.15) is 0 Å². The Labute approximate surface area is 117 Å². The van der Waals surface area contributed by atoms with E-state index in [1.165, 1.54) is 6.07 Å². The van der Waals surface area contributed by atoms with Crippen LogP contribution in [0.1, 0.15) is 16.8 Å². The summed E-state index contributed by atoms with van der Waals surface area (Å²) in [4.78, 5) is 14.8. The highest BCUT2D eigenvalue weighted by Gasteiger charge is 2.29. The number of hydrogen-bond donors (Lipinski definition) is 0. The van der Waals surface area contributed by atoms with Gasteiger partial charge in [-0.05, 0) is 18.6 Å². The summed E-state index contributed by atoms with van der Waals surface area (Å²) < 4.78 is 24.4. The van der Waals surface area contributed by atoms with Gasteiger partial charge in [0.1, 0.15) is 0 Å². The van der Waals surface area contributed by atoms with Gasteiger partial charge in [0.05, 0.1) is 25.4 Å². The van der Waals surface area contributed by atoms with Crippen LogP contribution in [0.5, 0.6) is 5.75 Å². The minimum atomic E-state index is -0.456. The molecule has 0 radical (unpaired) electrons. The molecule has 1 aromatic carbocycles. The van der Waals surface area contributed by atoms with Gasteiger partial charge >= 0.3 is 0 Å². The number of ketones is 1. The summed E-state index contributed by atoms with van der Waals surface area (Å²) in [5.74, 6) is -0.482. The number of para-hydroxylation sites is 1. The van der Waals surface area contributed by atoms with Crippen LogP contribution in [0.15, 0.2) is 18.2 Å². The fourth-order valence-corrected chi connectivity index (χ4v) is 2.77. The third-order valence-corrected chi connectivity index (χ3v) is 3.90. The van der Waals surface area contributed by atoms with Gasteiger partial charge in [0.25, 0.3) is 0 Å². The second kappa shape index (κ2) is 5.89. The zero-order valence-corrected chi connectivity index (χ0v) is 11.3. The number of fused-ring (bicyclic) bond motifs is 1. The van der Waals surface area contributed by atoms with Crippen molar-refractivity contribution in [2.24, 2.45) is 5.92 Å². The molecule has 0 bridgehead atoms. The molecule has 5 heteroatoms. The number of hydrogen-bond acceptors (Lipinski definition) is 4. The van der Waals surface area contributed by atoms with E-state index in [1.807, 2.05) is 0 Å². The maximum Gasteiger partial charge on any atom is 0.171 e. The Kier molecular flexibility index (Phi) is 3.98. The van der Waals surface area contributed by atoms with Crippen molar-refractivity contribution in [1.29, 1.82) is 0 Å². The highest BCUT2D eigenvalue weighted by Crippen LogP contribution is 2.29.